The van der Waals surface area contributed by atoms with Crippen LogP contribution >= 0.6 is 23.5 Å². The monoisotopic (exact) mass is 354 g/mol. The number of hydrogen-bond donors (Lipinski definition) is 2. The SMILES string of the molecule is CC(C)(C)SCC(O)COCCOCC(O)CSC(C)(C)C. The van der Waals surface area contributed by atoms with Gasteiger partial charge in [0.05, 0.1) is 38.6 Å². The Kier molecular flexibility index (Phi) is 11.4. The molecule has 2 unspecified atom stereocenters. The summed E-state index contributed by atoms with van der Waals surface area (Å²) in [6, 6.07) is 0. The fraction of sp³-hybridized carbons (Fsp3) is 1.00. The van der Waals surface area contributed by atoms with Gasteiger partial charge in [-0.05, 0) is 0 Å². The first-order chi connectivity index (χ1) is 9.99. The Morgan fingerprint density at radius 1 is 0.727 bits per heavy atom. The number of thioether (sulfide) groups is 2. The van der Waals surface area contributed by atoms with Crippen LogP contribution in [0.1, 0.15) is 41.5 Å². The molecule has 6 heteroatoms. The third-order valence-electron chi connectivity index (χ3n) is 2.41. The van der Waals surface area contributed by atoms with E-state index in [0.717, 1.165) is 0 Å². The van der Waals surface area contributed by atoms with Gasteiger partial charge in [0.2, 0.25) is 0 Å². The zero-order valence-corrected chi connectivity index (χ0v) is 16.6. The van der Waals surface area contributed by atoms with Gasteiger partial charge >= 0.3 is 0 Å². The number of aliphatic hydroxyl groups excluding tert-OH is 2. The Balaban J connectivity index is 3.46. The van der Waals surface area contributed by atoms with E-state index < -0.39 is 12.2 Å². The molecule has 0 saturated carbocycles. The Bertz CT molecular complexity index is 246. The number of ether oxygens (including phenoxy) is 2. The first kappa shape index (κ1) is 22.5. The highest BCUT2D eigenvalue weighted by Gasteiger charge is 2.15. The van der Waals surface area contributed by atoms with E-state index in [0.29, 0.717) is 37.9 Å². The second kappa shape index (κ2) is 11.2. The topological polar surface area (TPSA) is 58.9 Å². The Morgan fingerprint density at radius 2 is 1.05 bits per heavy atom. The molecule has 0 rings (SSSR count). The van der Waals surface area contributed by atoms with Crippen LogP contribution in [0.5, 0.6) is 0 Å². The lowest BCUT2D eigenvalue weighted by Gasteiger charge is -2.20. The van der Waals surface area contributed by atoms with E-state index in [1.54, 1.807) is 23.5 Å². The molecule has 0 aromatic heterocycles. The Morgan fingerprint density at radius 3 is 1.32 bits per heavy atom. The van der Waals surface area contributed by atoms with Crippen molar-refractivity contribution in [3.8, 4) is 0 Å². The molecule has 0 aliphatic rings. The summed E-state index contributed by atoms with van der Waals surface area (Å²) in [5.41, 5.74) is 0. The molecule has 0 heterocycles. The molecule has 0 aliphatic carbocycles. The average molecular weight is 355 g/mol. The van der Waals surface area contributed by atoms with Gasteiger partial charge in [-0.25, -0.2) is 0 Å². The van der Waals surface area contributed by atoms with Gasteiger partial charge in [0.15, 0.2) is 0 Å². The standard InChI is InChI=1S/C16H34O4S2/c1-15(2,3)21-11-13(17)9-19-7-8-20-10-14(18)12-22-16(4,5)6/h13-14,17-18H,7-12H2,1-6H3. The van der Waals surface area contributed by atoms with Gasteiger partial charge < -0.3 is 19.7 Å². The van der Waals surface area contributed by atoms with Crippen molar-refractivity contribution in [2.24, 2.45) is 0 Å². The van der Waals surface area contributed by atoms with Crippen LogP contribution in [0.3, 0.4) is 0 Å². The van der Waals surface area contributed by atoms with Gasteiger partial charge in [0, 0.05) is 21.0 Å². The molecule has 0 amide bonds. The molecule has 4 nitrogen and oxygen atoms in total. The predicted molar refractivity (Wildman–Crippen MR) is 98.1 cm³/mol. The van der Waals surface area contributed by atoms with Crippen molar-refractivity contribution in [1.82, 2.24) is 0 Å². The summed E-state index contributed by atoms with van der Waals surface area (Å²) < 4.78 is 11.1. The molecule has 0 aromatic carbocycles. The molecule has 0 aliphatic heterocycles. The summed E-state index contributed by atoms with van der Waals surface area (Å²) in [6.07, 6.45) is -0.893. The van der Waals surface area contributed by atoms with Crippen molar-refractivity contribution < 1.29 is 19.7 Å². The third-order valence-corrected chi connectivity index (χ3v) is 5.24. The highest BCUT2D eigenvalue weighted by atomic mass is 32.2. The van der Waals surface area contributed by atoms with Gasteiger partial charge in [0.1, 0.15) is 0 Å². The van der Waals surface area contributed by atoms with Crippen molar-refractivity contribution in [1.29, 1.82) is 0 Å². The van der Waals surface area contributed by atoms with Crippen molar-refractivity contribution in [2.45, 2.75) is 63.2 Å². The first-order valence-corrected chi connectivity index (χ1v) is 9.76. The van der Waals surface area contributed by atoms with Crippen LogP contribution in [0.4, 0.5) is 0 Å². The smallest absolute Gasteiger partial charge is 0.0864 e. The van der Waals surface area contributed by atoms with Gasteiger partial charge in [-0.3, -0.25) is 0 Å². The molecular formula is C16H34O4S2. The van der Waals surface area contributed by atoms with Crippen LogP contribution in [0.15, 0.2) is 0 Å². The molecule has 0 radical (unpaired) electrons. The summed E-state index contributed by atoms with van der Waals surface area (Å²) in [5, 5.41) is 19.5. The maximum atomic E-state index is 9.77. The van der Waals surface area contributed by atoms with Gasteiger partial charge in [0.25, 0.3) is 0 Å². The minimum atomic E-state index is -0.446. The van der Waals surface area contributed by atoms with Gasteiger partial charge in [-0.15, -0.1) is 0 Å². The Hall–Kier alpha value is 0.540. The minimum Gasteiger partial charge on any atom is -0.390 e. The van der Waals surface area contributed by atoms with Crippen LogP contribution < -0.4 is 0 Å². The molecule has 0 saturated heterocycles. The first-order valence-electron chi connectivity index (χ1n) is 7.79. The zero-order chi connectivity index (χ0) is 17.2. The highest BCUT2D eigenvalue weighted by Crippen LogP contribution is 2.24. The lowest BCUT2D eigenvalue weighted by Crippen LogP contribution is -2.24. The summed E-state index contributed by atoms with van der Waals surface area (Å²) in [6.45, 7) is 14.3. The van der Waals surface area contributed by atoms with Gasteiger partial charge in [-0.2, -0.15) is 23.5 Å². The maximum Gasteiger partial charge on any atom is 0.0864 e. The zero-order valence-electron chi connectivity index (χ0n) is 14.9. The summed E-state index contributed by atoms with van der Waals surface area (Å²) >= 11 is 3.45. The number of rotatable bonds is 11. The van der Waals surface area contributed by atoms with Crippen LogP contribution in [0.25, 0.3) is 0 Å². The molecule has 22 heavy (non-hydrogen) atoms. The maximum absolute atomic E-state index is 9.77. The minimum absolute atomic E-state index is 0.158. The van der Waals surface area contributed by atoms with Crippen LogP contribution in [-0.4, -0.2) is 69.8 Å². The molecule has 0 spiro atoms. The second-order valence-electron chi connectivity index (χ2n) is 7.30. The Labute approximate surface area is 144 Å². The van der Waals surface area contributed by atoms with E-state index in [4.69, 9.17) is 9.47 Å². The molecule has 2 atom stereocenters. The van der Waals surface area contributed by atoms with Crippen LogP contribution in [0, 0.1) is 0 Å². The van der Waals surface area contributed by atoms with E-state index in [1.807, 2.05) is 0 Å². The fourth-order valence-electron chi connectivity index (χ4n) is 1.35. The largest absolute Gasteiger partial charge is 0.390 e. The van der Waals surface area contributed by atoms with Crippen molar-refractivity contribution >= 4 is 23.5 Å². The van der Waals surface area contributed by atoms with Crippen LogP contribution in [-0.2, 0) is 9.47 Å². The molecular weight excluding hydrogens is 320 g/mol. The van der Waals surface area contributed by atoms with Crippen molar-refractivity contribution in [3.63, 3.8) is 0 Å². The average Bonchev–Trinajstić information content (AvgIpc) is 2.36. The molecule has 0 aromatic rings. The molecule has 2 N–H and O–H groups in total. The van der Waals surface area contributed by atoms with Gasteiger partial charge in [-0.1, -0.05) is 41.5 Å². The van der Waals surface area contributed by atoms with E-state index >= 15 is 0 Å². The lowest BCUT2D eigenvalue weighted by molar-refractivity contribution is -0.00849. The van der Waals surface area contributed by atoms with E-state index in [-0.39, 0.29) is 9.49 Å². The van der Waals surface area contributed by atoms with Crippen molar-refractivity contribution in [2.75, 3.05) is 37.9 Å². The molecule has 134 valence electrons. The summed E-state index contributed by atoms with van der Waals surface area (Å²) in [7, 11) is 0. The van der Waals surface area contributed by atoms with Crippen LogP contribution in [0.2, 0.25) is 0 Å². The third kappa shape index (κ3) is 16.9. The predicted octanol–water partition coefficient (Wildman–Crippen LogP) is 2.80. The second-order valence-corrected chi connectivity index (χ2v) is 11.0. The van der Waals surface area contributed by atoms with E-state index in [9.17, 15) is 10.2 Å². The van der Waals surface area contributed by atoms with E-state index in [2.05, 4.69) is 41.5 Å². The number of hydrogen-bond acceptors (Lipinski definition) is 6. The summed E-state index contributed by atoms with van der Waals surface area (Å²) in [4.78, 5) is 0. The quantitative estimate of drug-likeness (QED) is 0.557. The normalized spacial score (nSPS) is 15.8. The summed E-state index contributed by atoms with van der Waals surface area (Å²) in [5.74, 6) is 1.35. The van der Waals surface area contributed by atoms with E-state index in [1.165, 1.54) is 0 Å². The lowest BCUT2D eigenvalue weighted by atomic mass is 10.3. The highest BCUT2D eigenvalue weighted by molar-refractivity contribution is 8.00. The molecule has 0 bridgehead atoms. The fourth-order valence-corrected chi connectivity index (χ4v) is 2.92. The van der Waals surface area contributed by atoms with Crippen molar-refractivity contribution in [3.05, 3.63) is 0 Å². The molecule has 0 fully saturated rings. The number of aliphatic hydroxyl groups is 2.